The maximum atomic E-state index is 12.4. The zero-order valence-corrected chi connectivity index (χ0v) is 13.1. The standard InChI is InChI=1S/C16H14N6O3/c17-15-13-12(21-22-15)14(20-7-19-13)16(24)18-5-8-1-2-11-9(3-8)4-10(23)6-25-11/h1-3,7H,4-6H2,(H,18,24)(H3,17,21,22). The number of ketones is 1. The average Bonchev–Trinajstić information content (AvgIpc) is 3.00. The molecule has 0 atom stereocenters. The number of nitrogens with one attached hydrogen (secondary N) is 2. The van der Waals surface area contributed by atoms with Crippen LogP contribution in [0.4, 0.5) is 5.82 Å². The number of hydrogen-bond acceptors (Lipinski definition) is 7. The molecule has 1 aliphatic heterocycles. The minimum absolute atomic E-state index is 0.0360. The second kappa shape index (κ2) is 5.86. The number of carbonyl (C=O) groups is 2. The van der Waals surface area contributed by atoms with Crippen LogP contribution < -0.4 is 15.8 Å². The first-order valence-corrected chi connectivity index (χ1v) is 7.61. The molecule has 4 N–H and O–H groups in total. The molecule has 9 nitrogen and oxygen atoms in total. The van der Waals surface area contributed by atoms with Gasteiger partial charge in [-0.2, -0.15) is 5.10 Å². The fourth-order valence-corrected chi connectivity index (χ4v) is 2.74. The molecule has 1 amide bonds. The number of rotatable bonds is 3. The zero-order chi connectivity index (χ0) is 17.4. The summed E-state index contributed by atoms with van der Waals surface area (Å²) >= 11 is 0. The first kappa shape index (κ1) is 15.1. The molecular weight excluding hydrogens is 324 g/mol. The maximum absolute atomic E-state index is 12.4. The van der Waals surface area contributed by atoms with Crippen LogP contribution in [0, 0.1) is 0 Å². The van der Waals surface area contributed by atoms with Gasteiger partial charge in [-0.3, -0.25) is 14.7 Å². The van der Waals surface area contributed by atoms with E-state index >= 15 is 0 Å². The van der Waals surface area contributed by atoms with Gasteiger partial charge in [0.05, 0.1) is 0 Å². The van der Waals surface area contributed by atoms with Gasteiger partial charge in [0.25, 0.3) is 5.91 Å². The van der Waals surface area contributed by atoms with Gasteiger partial charge in [-0.25, -0.2) is 9.97 Å². The van der Waals surface area contributed by atoms with Crippen LogP contribution in [0.2, 0.25) is 0 Å². The summed E-state index contributed by atoms with van der Waals surface area (Å²) in [5.74, 6) is 0.584. The van der Waals surface area contributed by atoms with Crippen molar-refractivity contribution in [3.8, 4) is 5.75 Å². The van der Waals surface area contributed by atoms with E-state index in [-0.39, 0.29) is 36.4 Å². The summed E-state index contributed by atoms with van der Waals surface area (Å²) < 4.78 is 5.36. The molecule has 0 unspecified atom stereocenters. The van der Waals surface area contributed by atoms with Crippen LogP contribution in [-0.2, 0) is 17.8 Å². The van der Waals surface area contributed by atoms with Crippen LogP contribution in [0.5, 0.6) is 5.75 Å². The van der Waals surface area contributed by atoms with Gasteiger partial charge in [-0.05, 0) is 17.7 Å². The zero-order valence-electron chi connectivity index (χ0n) is 13.1. The number of aromatic amines is 1. The highest BCUT2D eigenvalue weighted by Crippen LogP contribution is 2.24. The Bertz CT molecular complexity index is 997. The van der Waals surface area contributed by atoms with Gasteiger partial charge in [-0.1, -0.05) is 6.07 Å². The highest BCUT2D eigenvalue weighted by molar-refractivity contribution is 6.04. The lowest BCUT2D eigenvalue weighted by Gasteiger charge is -2.17. The fraction of sp³-hybridized carbons (Fsp3) is 0.188. The number of ether oxygens (including phenoxy) is 1. The smallest absolute Gasteiger partial charge is 0.272 e. The van der Waals surface area contributed by atoms with E-state index in [1.807, 2.05) is 18.2 Å². The molecule has 25 heavy (non-hydrogen) atoms. The van der Waals surface area contributed by atoms with Crippen molar-refractivity contribution in [2.75, 3.05) is 12.3 Å². The number of aromatic nitrogens is 4. The number of amides is 1. The number of H-pyrrole nitrogens is 1. The number of fused-ring (bicyclic) bond motifs is 2. The summed E-state index contributed by atoms with van der Waals surface area (Å²) in [5, 5.41) is 9.29. The first-order valence-electron chi connectivity index (χ1n) is 7.61. The second-order valence-electron chi connectivity index (χ2n) is 5.68. The van der Waals surface area contributed by atoms with E-state index in [1.165, 1.54) is 6.33 Å². The van der Waals surface area contributed by atoms with E-state index in [9.17, 15) is 9.59 Å². The SMILES string of the molecule is Nc1n[nH]c2c(C(=O)NCc3ccc4c(c3)CC(=O)CO4)ncnc12. The molecule has 0 saturated heterocycles. The highest BCUT2D eigenvalue weighted by atomic mass is 16.5. The third-order valence-corrected chi connectivity index (χ3v) is 3.95. The molecule has 9 heteroatoms. The molecule has 3 aromatic rings. The Balaban J connectivity index is 1.52. The molecule has 0 aliphatic carbocycles. The quantitative estimate of drug-likeness (QED) is 0.627. The number of nitrogen functional groups attached to an aromatic ring is 1. The van der Waals surface area contributed by atoms with E-state index in [1.54, 1.807) is 0 Å². The summed E-state index contributed by atoms with van der Waals surface area (Å²) in [4.78, 5) is 31.9. The lowest BCUT2D eigenvalue weighted by atomic mass is 10.0. The summed E-state index contributed by atoms with van der Waals surface area (Å²) in [7, 11) is 0. The molecule has 0 bridgehead atoms. The molecule has 4 rings (SSSR count). The molecule has 126 valence electrons. The minimum Gasteiger partial charge on any atom is -0.486 e. The Morgan fingerprint density at radius 2 is 2.24 bits per heavy atom. The Labute approximate surface area is 141 Å². The van der Waals surface area contributed by atoms with Crippen molar-refractivity contribution in [2.24, 2.45) is 0 Å². The minimum atomic E-state index is -0.374. The predicted octanol–water partition coefficient (Wildman–Crippen LogP) is 0.369. The lowest BCUT2D eigenvalue weighted by molar-refractivity contribution is -0.121. The van der Waals surface area contributed by atoms with Crippen LogP contribution >= 0.6 is 0 Å². The number of nitrogens with zero attached hydrogens (tertiary/aromatic N) is 3. The summed E-state index contributed by atoms with van der Waals surface area (Å²) in [5.41, 5.74) is 8.34. The van der Waals surface area contributed by atoms with E-state index in [0.717, 1.165) is 11.1 Å². The Hall–Kier alpha value is -3.49. The van der Waals surface area contributed by atoms with E-state index < -0.39 is 0 Å². The van der Waals surface area contributed by atoms with Crippen molar-refractivity contribution in [3.05, 3.63) is 41.3 Å². The van der Waals surface area contributed by atoms with Crippen molar-refractivity contribution >= 4 is 28.5 Å². The van der Waals surface area contributed by atoms with Crippen molar-refractivity contribution in [1.29, 1.82) is 0 Å². The van der Waals surface area contributed by atoms with Crippen LogP contribution in [0.1, 0.15) is 21.6 Å². The lowest BCUT2D eigenvalue weighted by Crippen LogP contribution is -2.25. The van der Waals surface area contributed by atoms with Crippen molar-refractivity contribution in [1.82, 2.24) is 25.5 Å². The van der Waals surface area contributed by atoms with E-state index in [2.05, 4.69) is 25.5 Å². The number of nitrogens with two attached hydrogens (primary N) is 1. The van der Waals surface area contributed by atoms with Gasteiger partial charge in [0.2, 0.25) is 0 Å². The number of benzene rings is 1. The number of Topliss-reactive ketones (excluding diaryl/α,β-unsaturated/α-hetero) is 1. The monoisotopic (exact) mass is 338 g/mol. The normalized spacial score (nSPS) is 13.4. The van der Waals surface area contributed by atoms with Gasteiger partial charge in [0, 0.05) is 18.5 Å². The van der Waals surface area contributed by atoms with Crippen molar-refractivity contribution in [3.63, 3.8) is 0 Å². The van der Waals surface area contributed by atoms with Gasteiger partial charge >= 0.3 is 0 Å². The maximum Gasteiger partial charge on any atom is 0.272 e. The van der Waals surface area contributed by atoms with E-state index in [0.29, 0.717) is 23.2 Å². The van der Waals surface area contributed by atoms with Gasteiger partial charge in [0.1, 0.15) is 29.7 Å². The van der Waals surface area contributed by atoms with Crippen LogP contribution in [0.3, 0.4) is 0 Å². The van der Waals surface area contributed by atoms with Gasteiger partial charge < -0.3 is 15.8 Å². The number of anilines is 1. The third-order valence-electron chi connectivity index (χ3n) is 3.95. The largest absolute Gasteiger partial charge is 0.486 e. The van der Waals surface area contributed by atoms with E-state index in [4.69, 9.17) is 10.5 Å². The topological polar surface area (TPSA) is 136 Å². The molecule has 0 fully saturated rings. The molecule has 0 radical (unpaired) electrons. The predicted molar refractivity (Wildman–Crippen MR) is 87.9 cm³/mol. The number of carbonyl (C=O) groups excluding carboxylic acids is 2. The van der Waals surface area contributed by atoms with Gasteiger partial charge in [-0.15, -0.1) is 0 Å². The highest BCUT2D eigenvalue weighted by Gasteiger charge is 2.18. The summed E-state index contributed by atoms with van der Waals surface area (Å²) in [6, 6.07) is 5.51. The number of hydrogen-bond donors (Lipinski definition) is 3. The van der Waals surface area contributed by atoms with Gasteiger partial charge in [0.15, 0.2) is 17.3 Å². The summed E-state index contributed by atoms with van der Waals surface area (Å²) in [6.45, 7) is 0.398. The van der Waals surface area contributed by atoms with Crippen LogP contribution in [0.15, 0.2) is 24.5 Å². The third kappa shape index (κ3) is 2.75. The van der Waals surface area contributed by atoms with Crippen LogP contribution in [-0.4, -0.2) is 38.5 Å². The Morgan fingerprint density at radius 1 is 1.36 bits per heavy atom. The molecule has 3 heterocycles. The van der Waals surface area contributed by atoms with Crippen molar-refractivity contribution in [2.45, 2.75) is 13.0 Å². The Kier molecular flexibility index (Phi) is 3.53. The molecule has 1 aromatic carbocycles. The Morgan fingerprint density at radius 3 is 3.12 bits per heavy atom. The molecule has 0 saturated carbocycles. The first-order chi connectivity index (χ1) is 12.1. The summed E-state index contributed by atoms with van der Waals surface area (Å²) in [6.07, 6.45) is 1.61. The van der Waals surface area contributed by atoms with Crippen molar-refractivity contribution < 1.29 is 14.3 Å². The molecule has 1 aliphatic rings. The molecular formula is C16H14N6O3. The second-order valence-corrected chi connectivity index (χ2v) is 5.68. The molecule has 2 aromatic heterocycles. The average molecular weight is 338 g/mol. The fourth-order valence-electron chi connectivity index (χ4n) is 2.74. The molecule has 0 spiro atoms. The van der Waals surface area contributed by atoms with Crippen LogP contribution in [0.25, 0.3) is 11.0 Å².